The maximum absolute atomic E-state index is 12.3. The summed E-state index contributed by atoms with van der Waals surface area (Å²) in [7, 11) is 0. The SMILES string of the molecule is O=C(O)C1C(c2ccccc2)C([C@H](O)Oc2cccc3ccccc23)[C@@H]1c1ccccc1. The Morgan fingerprint density at radius 3 is 1.84 bits per heavy atom. The summed E-state index contributed by atoms with van der Waals surface area (Å²) in [6, 6.07) is 32.7. The zero-order valence-corrected chi connectivity index (χ0v) is 17.4. The molecule has 0 amide bonds. The Morgan fingerprint density at radius 1 is 0.719 bits per heavy atom. The van der Waals surface area contributed by atoms with Crippen molar-refractivity contribution in [1.29, 1.82) is 0 Å². The fourth-order valence-corrected chi connectivity index (χ4v) is 5.16. The van der Waals surface area contributed by atoms with Gasteiger partial charge >= 0.3 is 5.97 Å². The molecule has 0 aromatic heterocycles. The molecule has 0 radical (unpaired) electrons. The van der Waals surface area contributed by atoms with Gasteiger partial charge in [0.05, 0.1) is 5.92 Å². The van der Waals surface area contributed by atoms with Gasteiger partial charge in [0, 0.05) is 23.1 Å². The summed E-state index contributed by atoms with van der Waals surface area (Å²) in [4.78, 5) is 12.3. The van der Waals surface area contributed by atoms with Crippen molar-refractivity contribution in [3.8, 4) is 5.75 Å². The van der Waals surface area contributed by atoms with Gasteiger partial charge in [-0.2, -0.15) is 0 Å². The number of aliphatic carboxylic acids is 1. The monoisotopic (exact) mass is 424 g/mol. The summed E-state index contributed by atoms with van der Waals surface area (Å²) in [6.45, 7) is 0. The minimum Gasteiger partial charge on any atom is -0.481 e. The third-order valence-electron chi connectivity index (χ3n) is 6.58. The Kier molecular flexibility index (Phi) is 5.38. The highest BCUT2D eigenvalue weighted by Crippen LogP contribution is 2.59. The number of aliphatic hydroxyl groups is 1. The van der Waals surface area contributed by atoms with Gasteiger partial charge in [-0.3, -0.25) is 4.79 Å². The average molecular weight is 424 g/mol. The Hall–Kier alpha value is -3.63. The second-order valence-electron chi connectivity index (χ2n) is 8.30. The van der Waals surface area contributed by atoms with Crippen LogP contribution in [-0.2, 0) is 4.79 Å². The van der Waals surface area contributed by atoms with Crippen molar-refractivity contribution >= 4 is 16.7 Å². The van der Waals surface area contributed by atoms with Crippen LogP contribution in [0, 0.1) is 11.8 Å². The van der Waals surface area contributed by atoms with Crippen molar-refractivity contribution < 1.29 is 19.7 Å². The van der Waals surface area contributed by atoms with Crippen LogP contribution in [0.2, 0.25) is 0 Å². The van der Waals surface area contributed by atoms with Gasteiger partial charge in [-0.1, -0.05) is 97.1 Å². The molecule has 4 aromatic carbocycles. The number of hydrogen-bond donors (Lipinski definition) is 2. The maximum Gasteiger partial charge on any atom is 0.307 e. The van der Waals surface area contributed by atoms with Gasteiger partial charge in [-0.25, -0.2) is 0 Å². The van der Waals surface area contributed by atoms with Crippen molar-refractivity contribution in [3.63, 3.8) is 0 Å². The summed E-state index contributed by atoms with van der Waals surface area (Å²) >= 11 is 0. The van der Waals surface area contributed by atoms with Crippen LogP contribution in [0.25, 0.3) is 10.8 Å². The normalized spacial score (nSPS) is 23.3. The van der Waals surface area contributed by atoms with E-state index in [-0.39, 0.29) is 11.8 Å². The van der Waals surface area contributed by atoms with E-state index in [1.807, 2.05) is 103 Å². The van der Waals surface area contributed by atoms with E-state index in [4.69, 9.17) is 4.74 Å². The Bertz CT molecular complexity index is 1170. The van der Waals surface area contributed by atoms with E-state index >= 15 is 0 Å². The van der Waals surface area contributed by atoms with E-state index in [1.54, 1.807) is 0 Å². The van der Waals surface area contributed by atoms with E-state index < -0.39 is 24.1 Å². The van der Waals surface area contributed by atoms with Crippen molar-refractivity contribution in [2.24, 2.45) is 11.8 Å². The molecule has 1 aliphatic rings. The number of carboxylic acids is 1. The number of benzene rings is 4. The van der Waals surface area contributed by atoms with Crippen molar-refractivity contribution in [2.75, 3.05) is 0 Å². The molecular weight excluding hydrogens is 400 g/mol. The highest BCUT2D eigenvalue weighted by Gasteiger charge is 2.58. The van der Waals surface area contributed by atoms with Crippen LogP contribution >= 0.6 is 0 Å². The zero-order valence-electron chi connectivity index (χ0n) is 17.4. The fraction of sp³-hybridized carbons (Fsp3) is 0.179. The molecular formula is C28H24O4. The van der Waals surface area contributed by atoms with Crippen molar-refractivity contribution in [2.45, 2.75) is 18.1 Å². The van der Waals surface area contributed by atoms with Crippen molar-refractivity contribution in [3.05, 3.63) is 114 Å². The molecule has 0 heterocycles. The van der Waals surface area contributed by atoms with E-state index in [2.05, 4.69) is 0 Å². The highest BCUT2D eigenvalue weighted by atomic mass is 16.6. The molecule has 5 atom stereocenters. The topological polar surface area (TPSA) is 66.8 Å². The predicted molar refractivity (Wildman–Crippen MR) is 124 cm³/mol. The number of fused-ring (bicyclic) bond motifs is 1. The molecule has 1 fully saturated rings. The van der Waals surface area contributed by atoms with Crippen LogP contribution < -0.4 is 4.74 Å². The standard InChI is InChI=1S/C28H24O4/c29-27(30)25-23(19-11-3-1-4-12-19)26(24(25)20-13-5-2-6-14-20)28(31)32-22-17-9-15-18-10-7-8-16-21(18)22/h1-17,23-26,28,31H,(H,29,30)/t23-,24?,25?,26?,28-/m1/s1. The lowest BCUT2D eigenvalue weighted by atomic mass is 9.52. The van der Waals surface area contributed by atoms with Gasteiger partial charge in [0.2, 0.25) is 6.29 Å². The number of carboxylic acid groups (broad SMARTS) is 1. The van der Waals surface area contributed by atoms with Crippen LogP contribution in [0.3, 0.4) is 0 Å². The fourth-order valence-electron chi connectivity index (χ4n) is 5.16. The first kappa shape index (κ1) is 20.3. The first-order chi connectivity index (χ1) is 15.6. The van der Waals surface area contributed by atoms with Gasteiger partial charge in [0.25, 0.3) is 0 Å². The van der Waals surface area contributed by atoms with Gasteiger partial charge in [0.15, 0.2) is 0 Å². The van der Waals surface area contributed by atoms with E-state index in [0.717, 1.165) is 21.9 Å². The lowest BCUT2D eigenvalue weighted by molar-refractivity contribution is -0.165. The quantitative estimate of drug-likeness (QED) is 0.405. The minimum absolute atomic E-state index is 0.358. The van der Waals surface area contributed by atoms with Crippen LogP contribution in [-0.4, -0.2) is 22.5 Å². The molecule has 3 unspecified atom stereocenters. The largest absolute Gasteiger partial charge is 0.481 e. The predicted octanol–water partition coefficient (Wildman–Crippen LogP) is 5.44. The number of rotatable bonds is 6. The van der Waals surface area contributed by atoms with Crippen molar-refractivity contribution in [1.82, 2.24) is 0 Å². The molecule has 2 N–H and O–H groups in total. The molecule has 5 rings (SSSR count). The Labute approximate surface area is 186 Å². The molecule has 1 saturated carbocycles. The molecule has 0 saturated heterocycles. The highest BCUT2D eigenvalue weighted by molar-refractivity contribution is 5.88. The zero-order chi connectivity index (χ0) is 22.1. The molecule has 1 aliphatic carbocycles. The van der Waals surface area contributed by atoms with Crippen LogP contribution in [0.1, 0.15) is 23.0 Å². The minimum atomic E-state index is -1.16. The third kappa shape index (κ3) is 3.53. The summed E-state index contributed by atoms with van der Waals surface area (Å²) in [6.07, 6.45) is -1.16. The molecule has 0 bridgehead atoms. The van der Waals surface area contributed by atoms with E-state index in [9.17, 15) is 15.0 Å². The summed E-state index contributed by atoms with van der Waals surface area (Å²) < 4.78 is 6.13. The summed E-state index contributed by atoms with van der Waals surface area (Å²) in [5, 5.41) is 23.4. The molecule has 32 heavy (non-hydrogen) atoms. The van der Waals surface area contributed by atoms with Crippen LogP contribution in [0.15, 0.2) is 103 Å². The van der Waals surface area contributed by atoms with Gasteiger partial charge < -0.3 is 14.9 Å². The second kappa shape index (κ2) is 8.48. The van der Waals surface area contributed by atoms with E-state index in [1.165, 1.54) is 0 Å². The van der Waals surface area contributed by atoms with Crippen LogP contribution in [0.4, 0.5) is 0 Å². The molecule has 0 spiro atoms. The first-order valence-electron chi connectivity index (χ1n) is 10.8. The Balaban J connectivity index is 1.55. The number of hydrogen-bond acceptors (Lipinski definition) is 3. The molecule has 0 aliphatic heterocycles. The molecule has 4 heteroatoms. The number of ether oxygens (including phenoxy) is 1. The maximum atomic E-state index is 12.3. The summed E-state index contributed by atoms with van der Waals surface area (Å²) in [5.74, 6) is -2.03. The molecule has 4 nitrogen and oxygen atoms in total. The molecule has 160 valence electrons. The smallest absolute Gasteiger partial charge is 0.307 e. The first-order valence-corrected chi connectivity index (χ1v) is 10.8. The lowest BCUT2D eigenvalue weighted by Crippen LogP contribution is -2.53. The Morgan fingerprint density at radius 2 is 1.25 bits per heavy atom. The molecule has 4 aromatic rings. The summed E-state index contributed by atoms with van der Waals surface area (Å²) in [5.41, 5.74) is 1.80. The third-order valence-corrected chi connectivity index (χ3v) is 6.58. The van der Waals surface area contributed by atoms with Gasteiger partial charge in [0.1, 0.15) is 5.75 Å². The lowest BCUT2D eigenvalue weighted by Gasteiger charge is -2.52. The number of carbonyl (C=O) groups is 1. The van der Waals surface area contributed by atoms with Gasteiger partial charge in [-0.05, 0) is 22.6 Å². The van der Waals surface area contributed by atoms with Gasteiger partial charge in [-0.15, -0.1) is 0 Å². The number of aliphatic hydroxyl groups excluding tert-OH is 1. The second-order valence-corrected chi connectivity index (χ2v) is 8.30. The van der Waals surface area contributed by atoms with E-state index in [0.29, 0.717) is 5.75 Å². The average Bonchev–Trinajstić information content (AvgIpc) is 2.80. The van der Waals surface area contributed by atoms with Crippen LogP contribution in [0.5, 0.6) is 5.75 Å².